The average molecular weight is 278 g/mol. The molecule has 1 aromatic rings. The first-order chi connectivity index (χ1) is 9.66. The molecule has 1 aromatic carbocycles. The number of rotatable bonds is 6. The van der Waals surface area contributed by atoms with Crippen LogP contribution in [0.25, 0.3) is 0 Å². The van der Waals surface area contributed by atoms with Crippen LogP contribution in [0.2, 0.25) is 0 Å². The van der Waals surface area contributed by atoms with Gasteiger partial charge in [0.05, 0.1) is 6.61 Å². The van der Waals surface area contributed by atoms with Crippen molar-refractivity contribution in [3.8, 4) is 0 Å². The van der Waals surface area contributed by atoms with Crippen molar-refractivity contribution >= 4 is 5.97 Å². The predicted molar refractivity (Wildman–Crippen MR) is 75.7 cm³/mol. The summed E-state index contributed by atoms with van der Waals surface area (Å²) < 4.78 is 4.91. The van der Waals surface area contributed by atoms with Crippen LogP contribution >= 0.6 is 0 Å². The van der Waals surface area contributed by atoms with Gasteiger partial charge in [-0.25, -0.2) is 4.79 Å². The molecule has 1 aliphatic carbocycles. The van der Waals surface area contributed by atoms with E-state index in [0.717, 1.165) is 5.56 Å². The Kier molecular flexibility index (Phi) is 5.56. The van der Waals surface area contributed by atoms with Crippen molar-refractivity contribution < 1.29 is 19.7 Å². The average Bonchev–Trinajstić information content (AvgIpc) is 2.48. The Morgan fingerprint density at radius 1 is 1.20 bits per heavy atom. The highest BCUT2D eigenvalue weighted by Crippen LogP contribution is 2.32. The maximum absolute atomic E-state index is 10.3. The van der Waals surface area contributed by atoms with Crippen molar-refractivity contribution in [3.05, 3.63) is 35.4 Å². The highest BCUT2D eigenvalue weighted by molar-refractivity contribution is 5.67. The second kappa shape index (κ2) is 7.41. The van der Waals surface area contributed by atoms with Crippen molar-refractivity contribution in [3.63, 3.8) is 0 Å². The monoisotopic (exact) mass is 278 g/mol. The zero-order valence-corrected chi connectivity index (χ0v) is 11.6. The Bertz CT molecular complexity index is 421. The predicted octanol–water partition coefficient (Wildman–Crippen LogP) is 2.87. The second-order valence-corrected chi connectivity index (χ2v) is 5.43. The summed E-state index contributed by atoms with van der Waals surface area (Å²) in [6.07, 6.45) is 5.69. The molecule has 4 nitrogen and oxygen atoms in total. The van der Waals surface area contributed by atoms with Gasteiger partial charge in [0.1, 0.15) is 12.7 Å². The smallest absolute Gasteiger partial charge is 0.329 e. The summed E-state index contributed by atoms with van der Waals surface area (Å²) in [6, 6.07) is 7.98. The summed E-state index contributed by atoms with van der Waals surface area (Å²) in [5.41, 5.74) is 2.11. The lowest BCUT2D eigenvalue weighted by Gasteiger charge is -2.22. The van der Waals surface area contributed by atoms with Gasteiger partial charge < -0.3 is 14.9 Å². The third-order valence-electron chi connectivity index (χ3n) is 3.90. The van der Waals surface area contributed by atoms with E-state index in [1.807, 2.05) is 12.1 Å². The number of hydrogen-bond acceptors (Lipinski definition) is 3. The van der Waals surface area contributed by atoms with Crippen molar-refractivity contribution in [1.29, 1.82) is 0 Å². The van der Waals surface area contributed by atoms with E-state index in [-0.39, 0.29) is 13.2 Å². The fraction of sp³-hybridized carbons (Fsp3) is 0.562. The molecular formula is C16H22O4. The van der Waals surface area contributed by atoms with E-state index in [4.69, 9.17) is 9.84 Å². The SMILES string of the molecule is O=C(O)COCC(O)c1ccc(C2CCCCC2)cc1. The van der Waals surface area contributed by atoms with Crippen LogP contribution in [-0.2, 0) is 9.53 Å². The van der Waals surface area contributed by atoms with Gasteiger partial charge in [-0.05, 0) is 29.9 Å². The summed E-state index contributed by atoms with van der Waals surface area (Å²) >= 11 is 0. The zero-order valence-electron chi connectivity index (χ0n) is 11.6. The van der Waals surface area contributed by atoms with Gasteiger partial charge in [-0.15, -0.1) is 0 Å². The molecule has 1 atom stereocenters. The van der Waals surface area contributed by atoms with Crippen LogP contribution in [0.5, 0.6) is 0 Å². The summed E-state index contributed by atoms with van der Waals surface area (Å²) in [5.74, 6) is -0.372. The first-order valence-electron chi connectivity index (χ1n) is 7.24. The first-order valence-corrected chi connectivity index (χ1v) is 7.24. The van der Waals surface area contributed by atoms with E-state index in [1.54, 1.807) is 0 Å². The van der Waals surface area contributed by atoms with E-state index in [2.05, 4.69) is 12.1 Å². The number of carboxylic acid groups (broad SMARTS) is 1. The second-order valence-electron chi connectivity index (χ2n) is 5.43. The zero-order chi connectivity index (χ0) is 14.4. The van der Waals surface area contributed by atoms with Gasteiger partial charge in [0.2, 0.25) is 0 Å². The molecule has 0 heterocycles. The van der Waals surface area contributed by atoms with Crippen LogP contribution in [0.1, 0.15) is 55.3 Å². The van der Waals surface area contributed by atoms with E-state index >= 15 is 0 Å². The van der Waals surface area contributed by atoms with Crippen LogP contribution in [0.3, 0.4) is 0 Å². The molecule has 0 radical (unpaired) electrons. The lowest BCUT2D eigenvalue weighted by molar-refractivity contribution is -0.143. The molecule has 1 saturated carbocycles. The minimum Gasteiger partial charge on any atom is -0.480 e. The van der Waals surface area contributed by atoms with Crippen LogP contribution < -0.4 is 0 Å². The first kappa shape index (κ1) is 15.0. The fourth-order valence-electron chi connectivity index (χ4n) is 2.78. The minimum atomic E-state index is -1.02. The molecule has 1 unspecified atom stereocenters. The molecule has 1 fully saturated rings. The van der Waals surface area contributed by atoms with Gasteiger partial charge in [-0.2, -0.15) is 0 Å². The van der Waals surface area contributed by atoms with Gasteiger partial charge in [0, 0.05) is 0 Å². The van der Waals surface area contributed by atoms with E-state index in [1.165, 1.54) is 37.7 Å². The largest absolute Gasteiger partial charge is 0.480 e. The number of benzene rings is 1. The van der Waals surface area contributed by atoms with Crippen LogP contribution in [0, 0.1) is 0 Å². The molecule has 20 heavy (non-hydrogen) atoms. The van der Waals surface area contributed by atoms with Crippen LogP contribution in [0.15, 0.2) is 24.3 Å². The summed E-state index contributed by atoms with van der Waals surface area (Å²) in [7, 11) is 0. The lowest BCUT2D eigenvalue weighted by atomic mass is 9.84. The number of aliphatic hydroxyl groups excluding tert-OH is 1. The van der Waals surface area contributed by atoms with Crippen molar-refractivity contribution in [1.82, 2.24) is 0 Å². The van der Waals surface area contributed by atoms with Gasteiger partial charge in [0.15, 0.2) is 0 Å². The molecule has 2 N–H and O–H groups in total. The highest BCUT2D eigenvalue weighted by atomic mass is 16.5. The molecule has 0 amide bonds. The number of hydrogen-bond donors (Lipinski definition) is 2. The van der Waals surface area contributed by atoms with Crippen LogP contribution in [-0.4, -0.2) is 29.4 Å². The van der Waals surface area contributed by atoms with Gasteiger partial charge in [-0.3, -0.25) is 0 Å². The molecule has 110 valence electrons. The molecular weight excluding hydrogens is 256 g/mol. The van der Waals surface area contributed by atoms with Gasteiger partial charge in [0.25, 0.3) is 0 Å². The van der Waals surface area contributed by atoms with Crippen molar-refractivity contribution in [2.75, 3.05) is 13.2 Å². The molecule has 0 aliphatic heterocycles. The summed E-state index contributed by atoms with van der Waals surface area (Å²) in [4.78, 5) is 10.3. The quantitative estimate of drug-likeness (QED) is 0.839. The lowest BCUT2D eigenvalue weighted by Crippen LogP contribution is -2.13. The standard InChI is InChI=1S/C16H22O4/c17-15(10-20-11-16(18)19)14-8-6-13(7-9-14)12-4-2-1-3-5-12/h6-9,12,15,17H,1-5,10-11H2,(H,18,19). The number of aliphatic carboxylic acids is 1. The fourth-order valence-corrected chi connectivity index (χ4v) is 2.78. The maximum atomic E-state index is 10.3. The third-order valence-corrected chi connectivity index (χ3v) is 3.90. The molecule has 0 saturated heterocycles. The number of carboxylic acids is 1. The molecule has 2 rings (SSSR count). The van der Waals surface area contributed by atoms with E-state index in [9.17, 15) is 9.90 Å². The van der Waals surface area contributed by atoms with Gasteiger partial charge >= 0.3 is 5.97 Å². The topological polar surface area (TPSA) is 66.8 Å². The summed E-state index contributed by atoms with van der Waals surface area (Å²) in [6.45, 7) is -0.369. The highest BCUT2D eigenvalue weighted by Gasteiger charge is 2.16. The Labute approximate surface area is 119 Å². The van der Waals surface area contributed by atoms with Gasteiger partial charge in [-0.1, -0.05) is 43.5 Å². The molecule has 4 heteroatoms. The Morgan fingerprint density at radius 2 is 1.85 bits per heavy atom. The molecule has 0 aromatic heterocycles. The number of carbonyl (C=O) groups is 1. The maximum Gasteiger partial charge on any atom is 0.329 e. The van der Waals surface area contributed by atoms with E-state index in [0.29, 0.717) is 5.92 Å². The molecule has 0 spiro atoms. The van der Waals surface area contributed by atoms with Crippen molar-refractivity contribution in [2.45, 2.75) is 44.1 Å². The Balaban J connectivity index is 1.88. The molecule has 1 aliphatic rings. The van der Waals surface area contributed by atoms with Crippen LogP contribution in [0.4, 0.5) is 0 Å². The van der Waals surface area contributed by atoms with E-state index < -0.39 is 12.1 Å². The normalized spacial score (nSPS) is 17.9. The summed E-state index contributed by atoms with van der Waals surface area (Å²) in [5, 5.41) is 18.4. The van der Waals surface area contributed by atoms with Crippen molar-refractivity contribution in [2.24, 2.45) is 0 Å². The molecule has 0 bridgehead atoms. The number of aliphatic hydroxyl groups is 1. The minimum absolute atomic E-state index is 0.00900. The Hall–Kier alpha value is -1.39. The Morgan fingerprint density at radius 3 is 2.45 bits per heavy atom. The third kappa shape index (κ3) is 4.32. The number of ether oxygens (including phenoxy) is 1.